The fourth-order valence-electron chi connectivity index (χ4n) is 5.03. The molecule has 0 bridgehead atoms. The quantitative estimate of drug-likeness (QED) is 0.161. The summed E-state index contributed by atoms with van der Waals surface area (Å²) in [7, 11) is 0. The second kappa shape index (κ2) is 17.8. The lowest BCUT2D eigenvalue weighted by molar-refractivity contribution is -0.250. The van der Waals surface area contributed by atoms with Crippen molar-refractivity contribution in [3.8, 4) is 0 Å². The zero-order chi connectivity index (χ0) is 34.7. The lowest BCUT2D eigenvalue weighted by Crippen LogP contribution is -2.47. The first-order chi connectivity index (χ1) is 22.8. The van der Waals surface area contributed by atoms with Gasteiger partial charge >= 0.3 is 17.9 Å². The highest BCUT2D eigenvalue weighted by Crippen LogP contribution is 2.25. The van der Waals surface area contributed by atoms with E-state index in [2.05, 4.69) is 0 Å². The van der Waals surface area contributed by atoms with Crippen LogP contribution in [0, 0.1) is 0 Å². The molecule has 1 aromatic rings. The largest absolute Gasteiger partial charge is 0.455 e. The van der Waals surface area contributed by atoms with Gasteiger partial charge in [0.05, 0.1) is 32.0 Å². The van der Waals surface area contributed by atoms with Crippen LogP contribution in [0.4, 0.5) is 0 Å². The topological polar surface area (TPSA) is 144 Å². The van der Waals surface area contributed by atoms with E-state index >= 15 is 0 Å². The molecule has 0 fully saturated rings. The molecule has 0 radical (unpaired) electrons. The minimum absolute atomic E-state index is 0.0101. The van der Waals surface area contributed by atoms with Gasteiger partial charge in [0.2, 0.25) is 0 Å². The maximum Gasteiger partial charge on any atom is 0.303 e. The second-order valence-corrected chi connectivity index (χ2v) is 12.4. The van der Waals surface area contributed by atoms with Crippen molar-refractivity contribution >= 4 is 17.9 Å². The fraction of sp³-hybridized carbons (Fsp3) is 0.571. The molecule has 0 aromatic heterocycles. The first kappa shape index (κ1) is 37.4. The van der Waals surface area contributed by atoms with Crippen LogP contribution in [0.1, 0.15) is 47.1 Å². The van der Waals surface area contributed by atoms with E-state index in [9.17, 15) is 14.4 Å². The van der Waals surface area contributed by atoms with Gasteiger partial charge < -0.3 is 47.4 Å². The van der Waals surface area contributed by atoms with Crippen molar-refractivity contribution in [2.45, 2.75) is 109 Å². The van der Waals surface area contributed by atoms with Crippen LogP contribution in [0.25, 0.3) is 0 Å². The minimum atomic E-state index is -0.866. The van der Waals surface area contributed by atoms with E-state index in [1.54, 1.807) is 36.5 Å². The number of ether oxygens (including phenoxy) is 10. The van der Waals surface area contributed by atoms with E-state index in [0.717, 1.165) is 5.56 Å². The highest BCUT2D eigenvalue weighted by Gasteiger charge is 2.36. The molecule has 0 saturated carbocycles. The van der Waals surface area contributed by atoms with E-state index < -0.39 is 79.0 Å². The summed E-state index contributed by atoms with van der Waals surface area (Å²) in [6.45, 7) is 10.1. The summed E-state index contributed by atoms with van der Waals surface area (Å²) in [5.74, 6) is -1.42. The summed E-state index contributed by atoms with van der Waals surface area (Å²) in [6.07, 6.45) is 3.43. The zero-order valence-corrected chi connectivity index (χ0v) is 28.2. The van der Waals surface area contributed by atoms with Gasteiger partial charge in [0.15, 0.2) is 18.9 Å². The Balaban J connectivity index is 1.35. The predicted octanol–water partition coefficient (Wildman–Crippen LogP) is 3.69. The molecular formula is C35H46O13. The molecule has 4 rings (SSSR count). The summed E-state index contributed by atoms with van der Waals surface area (Å²) in [6, 6.07) is 9.66. The van der Waals surface area contributed by atoms with Gasteiger partial charge in [-0.2, -0.15) is 0 Å². The van der Waals surface area contributed by atoms with Crippen molar-refractivity contribution in [3.05, 3.63) is 72.4 Å². The maximum atomic E-state index is 11.9. The second-order valence-electron chi connectivity index (χ2n) is 12.4. The highest BCUT2D eigenvalue weighted by atomic mass is 16.7. The average Bonchev–Trinajstić information content (AvgIpc) is 3.01. The standard InChI is InChI=1S/C35H46O13/c1-22(36)42-26-12-15-32(45-29(26)19-39-18-25-10-8-7-9-11-25)40-20-30-27(43-23(2)37)13-16-33(46-30)41-21-31-28(44-24(3)38)14-17-34(47-31)48-35(4,5)6/h7-17,26-34H,18-21H2,1-6H3/t26-,27-,28-,29-,30-,31-,32-,33-,34+/m1/s1. The Morgan fingerprint density at radius 2 is 1.02 bits per heavy atom. The molecule has 48 heavy (non-hydrogen) atoms. The van der Waals surface area contributed by atoms with Crippen molar-refractivity contribution < 1.29 is 61.8 Å². The summed E-state index contributed by atoms with van der Waals surface area (Å²) >= 11 is 0. The van der Waals surface area contributed by atoms with Crippen LogP contribution in [0.2, 0.25) is 0 Å². The number of carbonyl (C=O) groups is 3. The van der Waals surface area contributed by atoms with Crippen LogP contribution in [0.5, 0.6) is 0 Å². The first-order valence-corrected chi connectivity index (χ1v) is 15.9. The van der Waals surface area contributed by atoms with Gasteiger partial charge in [0.1, 0.15) is 36.6 Å². The molecular weight excluding hydrogens is 628 g/mol. The van der Waals surface area contributed by atoms with Crippen LogP contribution in [-0.2, 0) is 68.4 Å². The van der Waals surface area contributed by atoms with Crippen molar-refractivity contribution in [2.24, 2.45) is 0 Å². The van der Waals surface area contributed by atoms with Gasteiger partial charge in [-0.05, 0) is 62.8 Å². The summed E-state index contributed by atoms with van der Waals surface area (Å²) in [4.78, 5) is 35.3. The van der Waals surface area contributed by atoms with Crippen LogP contribution in [0.3, 0.4) is 0 Å². The molecule has 1 aromatic carbocycles. The third-order valence-corrected chi connectivity index (χ3v) is 7.02. The lowest BCUT2D eigenvalue weighted by Gasteiger charge is -2.36. The third-order valence-electron chi connectivity index (χ3n) is 7.02. The molecule has 0 N–H and O–H groups in total. The van der Waals surface area contributed by atoms with Gasteiger partial charge in [-0.1, -0.05) is 30.3 Å². The van der Waals surface area contributed by atoms with E-state index in [1.165, 1.54) is 20.8 Å². The number of hydrogen-bond donors (Lipinski definition) is 0. The molecule has 3 heterocycles. The molecule has 3 aliphatic heterocycles. The van der Waals surface area contributed by atoms with E-state index in [4.69, 9.17) is 47.4 Å². The minimum Gasteiger partial charge on any atom is -0.455 e. The Labute approximate surface area is 281 Å². The molecule has 3 aliphatic rings. The van der Waals surface area contributed by atoms with Crippen LogP contribution in [-0.4, -0.2) is 98.8 Å². The monoisotopic (exact) mass is 674 g/mol. The Bertz CT molecular complexity index is 1290. The normalized spacial score (nSPS) is 30.1. The average molecular weight is 675 g/mol. The molecule has 0 unspecified atom stereocenters. The van der Waals surface area contributed by atoms with Crippen LogP contribution >= 0.6 is 0 Å². The molecule has 264 valence electrons. The van der Waals surface area contributed by atoms with E-state index in [-0.39, 0.29) is 19.8 Å². The fourth-order valence-corrected chi connectivity index (χ4v) is 5.03. The number of esters is 3. The van der Waals surface area contributed by atoms with Gasteiger partial charge in [0, 0.05) is 20.8 Å². The third kappa shape index (κ3) is 12.5. The maximum absolute atomic E-state index is 11.9. The SMILES string of the molecule is CC(=O)O[C@@H]1C=C[C@H](OC[C@H]2O[C@@H](OC[C@H]3O[C@@H](OC(C)(C)C)C=C[C@H]3OC(C)=O)C=C[C@H]2OC(C)=O)O[C@@H]1COCc1ccccc1. The number of rotatable bonds is 14. The number of hydrogen-bond acceptors (Lipinski definition) is 13. The van der Waals surface area contributed by atoms with E-state index in [1.807, 2.05) is 51.1 Å². The van der Waals surface area contributed by atoms with Crippen molar-refractivity contribution in [3.63, 3.8) is 0 Å². The molecule has 13 nitrogen and oxygen atoms in total. The highest BCUT2D eigenvalue weighted by molar-refractivity contribution is 5.67. The molecule has 0 saturated heterocycles. The van der Waals surface area contributed by atoms with Gasteiger partial charge in [0.25, 0.3) is 0 Å². The van der Waals surface area contributed by atoms with Crippen LogP contribution in [0.15, 0.2) is 66.8 Å². The van der Waals surface area contributed by atoms with Crippen molar-refractivity contribution in [1.82, 2.24) is 0 Å². The number of carbonyl (C=O) groups excluding carboxylic acids is 3. The molecule has 0 aliphatic carbocycles. The zero-order valence-electron chi connectivity index (χ0n) is 28.2. The Morgan fingerprint density at radius 3 is 1.46 bits per heavy atom. The van der Waals surface area contributed by atoms with Crippen LogP contribution < -0.4 is 0 Å². The number of benzene rings is 1. The summed E-state index contributed by atoms with van der Waals surface area (Å²) in [5.41, 5.74) is 0.513. The Hall–Kier alpha value is -3.43. The smallest absolute Gasteiger partial charge is 0.303 e. The molecule has 13 heteroatoms. The van der Waals surface area contributed by atoms with Gasteiger partial charge in [-0.15, -0.1) is 0 Å². The molecule has 0 spiro atoms. The predicted molar refractivity (Wildman–Crippen MR) is 169 cm³/mol. The lowest BCUT2D eigenvalue weighted by atomic mass is 10.1. The van der Waals surface area contributed by atoms with Crippen molar-refractivity contribution in [2.75, 3.05) is 19.8 Å². The Morgan fingerprint density at radius 1 is 0.604 bits per heavy atom. The first-order valence-electron chi connectivity index (χ1n) is 15.9. The van der Waals surface area contributed by atoms with Gasteiger partial charge in [-0.3, -0.25) is 14.4 Å². The summed E-state index contributed by atoms with van der Waals surface area (Å²) < 4.78 is 58.4. The summed E-state index contributed by atoms with van der Waals surface area (Å²) in [5, 5.41) is 0. The van der Waals surface area contributed by atoms with Crippen molar-refractivity contribution in [1.29, 1.82) is 0 Å². The Kier molecular flexibility index (Phi) is 13.9. The molecule has 9 atom stereocenters. The van der Waals surface area contributed by atoms with E-state index in [0.29, 0.717) is 6.61 Å². The molecule has 0 amide bonds. The van der Waals surface area contributed by atoms with Gasteiger partial charge in [-0.25, -0.2) is 0 Å².